The van der Waals surface area contributed by atoms with Gasteiger partial charge in [0.05, 0.1) is 12.5 Å². The average molecular weight is 644 g/mol. The van der Waals surface area contributed by atoms with E-state index >= 15 is 0 Å². The van der Waals surface area contributed by atoms with Crippen molar-refractivity contribution in [3.8, 4) is 0 Å². The van der Waals surface area contributed by atoms with Gasteiger partial charge >= 0.3 is 11.9 Å². The number of carbonyl (C=O) groups excluding carboxylic acids is 5. The highest BCUT2D eigenvalue weighted by Crippen LogP contribution is 2.10. The summed E-state index contributed by atoms with van der Waals surface area (Å²) in [6, 6.07) is -6.60. The summed E-state index contributed by atoms with van der Waals surface area (Å²) in [5.41, 5.74) is 21.9. The molecule has 0 aromatic heterocycles. The fourth-order valence-electron chi connectivity index (χ4n) is 4.00. The Kier molecular flexibility index (Phi) is 18.4. The summed E-state index contributed by atoms with van der Waals surface area (Å²) in [6.45, 7) is 7.20. The van der Waals surface area contributed by atoms with E-state index in [-0.39, 0.29) is 56.4 Å². The van der Waals surface area contributed by atoms with Gasteiger partial charge in [0.25, 0.3) is 0 Å². The molecule has 256 valence electrons. The van der Waals surface area contributed by atoms with Crippen LogP contribution in [0.15, 0.2) is 4.99 Å². The van der Waals surface area contributed by atoms with Crippen LogP contribution in [0.1, 0.15) is 72.6 Å². The molecule has 0 aliphatic rings. The van der Waals surface area contributed by atoms with Gasteiger partial charge in [-0.2, -0.15) is 0 Å². The number of aliphatic carboxylic acids is 2. The number of amides is 5. The minimum Gasteiger partial charge on any atom is -0.481 e. The van der Waals surface area contributed by atoms with Crippen LogP contribution in [0.2, 0.25) is 0 Å². The zero-order valence-corrected chi connectivity index (χ0v) is 26.2. The molecule has 0 aliphatic carbocycles. The second kappa shape index (κ2) is 20.5. The van der Waals surface area contributed by atoms with Gasteiger partial charge in [-0.05, 0) is 37.5 Å². The lowest BCUT2D eigenvalue weighted by atomic mass is 9.98. The highest BCUT2D eigenvalue weighted by Gasteiger charge is 2.33. The molecule has 5 amide bonds. The first-order chi connectivity index (χ1) is 20.9. The van der Waals surface area contributed by atoms with Gasteiger partial charge in [-0.1, -0.05) is 34.1 Å². The molecule has 18 heteroatoms. The van der Waals surface area contributed by atoms with Gasteiger partial charge in [-0.25, -0.2) is 4.79 Å². The summed E-state index contributed by atoms with van der Waals surface area (Å²) in [7, 11) is 0. The topological polar surface area (TPSA) is 325 Å². The minimum atomic E-state index is -1.78. The van der Waals surface area contributed by atoms with E-state index in [9.17, 15) is 38.7 Å². The number of aliphatic imine (C=N–C) groups is 1. The highest BCUT2D eigenvalue weighted by molar-refractivity contribution is 5.96. The molecule has 0 aromatic rings. The monoisotopic (exact) mass is 643 g/mol. The van der Waals surface area contributed by atoms with Crippen LogP contribution in [0.5, 0.6) is 0 Å². The summed E-state index contributed by atoms with van der Waals surface area (Å²) >= 11 is 0. The zero-order chi connectivity index (χ0) is 34.9. The standard InChI is InChI=1S/C27H49N9O9/c1-5-14(4)21(29)25(43)34-16(8-9-19(28)37)23(41)35-17(11-13(2)3)24(42)33-15(7-6-10-32-27(30)31)22(40)36-18(26(44)45)12-20(38)39/h13-18,21H,5-12,29H2,1-4H3,(H2,28,37)(H,33,42)(H,34,43)(H,35,41)(H,36,40)(H,38,39)(H,44,45)(H4,30,31,32)/t14-,15-,16-,17-,18-,21-/m0/s1. The summed E-state index contributed by atoms with van der Waals surface area (Å²) in [4.78, 5) is 90.4. The molecular weight excluding hydrogens is 594 g/mol. The van der Waals surface area contributed by atoms with Crippen molar-refractivity contribution in [1.29, 1.82) is 0 Å². The van der Waals surface area contributed by atoms with E-state index in [4.69, 9.17) is 28.0 Å². The Morgan fingerprint density at radius 1 is 0.733 bits per heavy atom. The zero-order valence-electron chi connectivity index (χ0n) is 26.2. The Balaban J connectivity index is 6.08. The van der Waals surface area contributed by atoms with E-state index in [0.717, 1.165) is 0 Å². The van der Waals surface area contributed by atoms with Gasteiger partial charge in [-0.15, -0.1) is 0 Å². The van der Waals surface area contributed by atoms with Gasteiger partial charge in [0.2, 0.25) is 29.5 Å². The van der Waals surface area contributed by atoms with Gasteiger partial charge in [0, 0.05) is 13.0 Å². The van der Waals surface area contributed by atoms with Gasteiger partial charge in [0.1, 0.15) is 24.2 Å². The molecule has 45 heavy (non-hydrogen) atoms. The minimum absolute atomic E-state index is 0.0612. The molecule has 18 nitrogen and oxygen atoms in total. The van der Waals surface area contributed by atoms with Crippen LogP contribution in [0.3, 0.4) is 0 Å². The summed E-state index contributed by atoms with van der Waals surface area (Å²) in [5.74, 6) is -7.61. The van der Waals surface area contributed by atoms with Crippen molar-refractivity contribution in [2.24, 2.45) is 39.8 Å². The normalized spacial score (nSPS) is 14.9. The number of hydrogen-bond donors (Lipinski definition) is 10. The average Bonchev–Trinajstić information content (AvgIpc) is 2.93. The Hall–Kier alpha value is -4.48. The summed E-state index contributed by atoms with van der Waals surface area (Å²) in [6.07, 6.45) is -0.593. The van der Waals surface area contributed by atoms with Crippen LogP contribution in [-0.2, 0) is 33.6 Å². The molecule has 0 spiro atoms. The number of carbonyl (C=O) groups is 7. The first-order valence-electron chi connectivity index (χ1n) is 14.6. The molecule has 0 radical (unpaired) electrons. The van der Waals surface area contributed by atoms with Gasteiger partial charge in [-0.3, -0.25) is 33.8 Å². The van der Waals surface area contributed by atoms with Crippen LogP contribution in [0.25, 0.3) is 0 Å². The molecule has 0 heterocycles. The first-order valence-corrected chi connectivity index (χ1v) is 14.6. The molecule has 0 aliphatic heterocycles. The number of rotatable bonds is 22. The number of nitrogens with one attached hydrogen (secondary N) is 4. The number of carboxylic acids is 2. The third-order valence-electron chi connectivity index (χ3n) is 6.78. The van der Waals surface area contributed by atoms with Gasteiger partial charge < -0.3 is 54.4 Å². The smallest absolute Gasteiger partial charge is 0.326 e. The second-order valence-electron chi connectivity index (χ2n) is 11.2. The molecule has 0 bridgehead atoms. The number of hydrogen-bond acceptors (Lipinski definition) is 9. The van der Waals surface area contributed by atoms with E-state index in [0.29, 0.717) is 6.42 Å². The van der Waals surface area contributed by atoms with Crippen LogP contribution in [-0.4, -0.2) is 94.4 Å². The maximum atomic E-state index is 13.4. The third-order valence-corrected chi connectivity index (χ3v) is 6.78. The number of nitrogens with zero attached hydrogens (tertiary/aromatic N) is 1. The predicted octanol–water partition coefficient (Wildman–Crippen LogP) is -2.78. The molecular formula is C27H49N9O9. The van der Waals surface area contributed by atoms with E-state index in [2.05, 4.69) is 26.3 Å². The Morgan fingerprint density at radius 2 is 1.22 bits per heavy atom. The Bertz CT molecular complexity index is 1080. The fourth-order valence-corrected chi connectivity index (χ4v) is 4.00. The highest BCUT2D eigenvalue weighted by atomic mass is 16.4. The van der Waals surface area contributed by atoms with Crippen LogP contribution >= 0.6 is 0 Å². The first kappa shape index (κ1) is 40.5. The molecule has 0 fully saturated rings. The number of carboxylic acid groups (broad SMARTS) is 2. The van der Waals surface area contributed by atoms with Crippen molar-refractivity contribution in [2.75, 3.05) is 6.54 Å². The maximum Gasteiger partial charge on any atom is 0.326 e. The molecule has 0 saturated carbocycles. The van der Waals surface area contributed by atoms with Crippen molar-refractivity contribution in [3.05, 3.63) is 0 Å². The summed E-state index contributed by atoms with van der Waals surface area (Å²) < 4.78 is 0. The maximum absolute atomic E-state index is 13.4. The lowest BCUT2D eigenvalue weighted by molar-refractivity contribution is -0.147. The van der Waals surface area contributed by atoms with Crippen molar-refractivity contribution in [1.82, 2.24) is 21.3 Å². The number of nitrogens with two attached hydrogens (primary N) is 4. The van der Waals surface area contributed by atoms with Crippen LogP contribution in [0, 0.1) is 11.8 Å². The largest absolute Gasteiger partial charge is 0.481 e. The molecule has 0 saturated heterocycles. The molecule has 0 unspecified atom stereocenters. The quantitative estimate of drug-likeness (QED) is 0.0325. The van der Waals surface area contributed by atoms with Crippen molar-refractivity contribution in [3.63, 3.8) is 0 Å². The van der Waals surface area contributed by atoms with Crippen molar-refractivity contribution >= 4 is 47.4 Å². The Morgan fingerprint density at radius 3 is 1.69 bits per heavy atom. The predicted molar refractivity (Wildman–Crippen MR) is 163 cm³/mol. The van der Waals surface area contributed by atoms with Gasteiger partial charge in [0.15, 0.2) is 5.96 Å². The van der Waals surface area contributed by atoms with E-state index in [1.807, 2.05) is 6.92 Å². The lowest BCUT2D eigenvalue weighted by Crippen LogP contribution is -2.59. The van der Waals surface area contributed by atoms with E-state index in [1.165, 1.54) is 0 Å². The fraction of sp³-hybridized carbons (Fsp3) is 0.704. The van der Waals surface area contributed by atoms with Crippen LogP contribution in [0.4, 0.5) is 0 Å². The number of primary amides is 1. The lowest BCUT2D eigenvalue weighted by Gasteiger charge is -2.27. The van der Waals surface area contributed by atoms with E-state index in [1.54, 1.807) is 20.8 Å². The van der Waals surface area contributed by atoms with Crippen molar-refractivity contribution < 1.29 is 43.8 Å². The third kappa shape index (κ3) is 16.8. The van der Waals surface area contributed by atoms with E-state index < -0.39 is 78.1 Å². The molecule has 0 aromatic carbocycles. The SMILES string of the molecule is CC[C@H](C)[C@H](N)C(=O)N[C@@H](CCC(N)=O)C(=O)N[C@@H](CC(C)C)C(=O)N[C@@H](CCCN=C(N)N)C(=O)N[C@@H](CC(=O)O)C(=O)O. The molecule has 14 N–H and O–H groups in total. The Labute approximate surface area is 261 Å². The number of guanidine groups is 1. The van der Waals surface area contributed by atoms with Crippen molar-refractivity contribution in [2.45, 2.75) is 103 Å². The summed E-state index contributed by atoms with van der Waals surface area (Å²) in [5, 5.41) is 28.0. The molecule has 0 rings (SSSR count). The van der Waals surface area contributed by atoms with Crippen LogP contribution < -0.4 is 44.2 Å². The second-order valence-corrected chi connectivity index (χ2v) is 11.2. The molecule has 6 atom stereocenters.